The first-order valence-electron chi connectivity index (χ1n) is 7.38. The van der Waals surface area contributed by atoms with Crippen LogP contribution in [0.15, 0.2) is 35.6 Å². The topological polar surface area (TPSA) is 54.2 Å². The molecule has 1 aromatic carbocycles. The predicted molar refractivity (Wildman–Crippen MR) is 94.8 cm³/mol. The molecule has 0 aliphatic rings. The van der Waals surface area contributed by atoms with Crippen molar-refractivity contribution in [1.29, 1.82) is 0 Å². The normalized spacial score (nSPS) is 11.6. The average molecular weight is 335 g/mol. The highest BCUT2D eigenvalue weighted by Crippen LogP contribution is 2.16. The van der Waals surface area contributed by atoms with Gasteiger partial charge in [0.15, 0.2) is 5.96 Å². The second-order valence-corrected chi connectivity index (χ2v) is 5.96. The number of benzene rings is 1. The van der Waals surface area contributed by atoms with Gasteiger partial charge in [0.2, 0.25) is 0 Å². The smallest absolute Gasteiger partial charge is 0.191 e. The minimum Gasteiger partial charge on any atom is -0.356 e. The molecular formula is C16H22FN5S. The molecule has 0 fully saturated rings. The summed E-state index contributed by atoms with van der Waals surface area (Å²) in [5, 5.41) is 6.39. The van der Waals surface area contributed by atoms with Gasteiger partial charge in [0.05, 0.1) is 5.69 Å². The van der Waals surface area contributed by atoms with Crippen molar-refractivity contribution >= 4 is 17.7 Å². The van der Waals surface area contributed by atoms with E-state index in [1.165, 1.54) is 6.07 Å². The Bertz CT molecular complexity index is 668. The first-order chi connectivity index (χ1) is 11.2. The molecule has 0 unspecified atom stereocenters. The third kappa shape index (κ3) is 4.72. The molecule has 7 heteroatoms. The van der Waals surface area contributed by atoms with Crippen molar-refractivity contribution in [1.82, 2.24) is 20.2 Å². The zero-order valence-corrected chi connectivity index (χ0v) is 14.5. The van der Waals surface area contributed by atoms with Crippen LogP contribution in [-0.2, 0) is 6.54 Å². The van der Waals surface area contributed by atoms with Gasteiger partial charge in [-0.2, -0.15) is 11.8 Å². The minimum atomic E-state index is -0.268. The van der Waals surface area contributed by atoms with E-state index in [0.717, 1.165) is 23.7 Å². The van der Waals surface area contributed by atoms with Gasteiger partial charge in [-0.25, -0.2) is 9.37 Å². The number of hydrogen-bond acceptors (Lipinski definition) is 3. The van der Waals surface area contributed by atoms with Crippen LogP contribution in [0, 0.1) is 12.7 Å². The van der Waals surface area contributed by atoms with Gasteiger partial charge in [-0.05, 0) is 30.9 Å². The van der Waals surface area contributed by atoms with Gasteiger partial charge >= 0.3 is 0 Å². The van der Waals surface area contributed by atoms with Crippen LogP contribution in [0.25, 0.3) is 5.69 Å². The summed E-state index contributed by atoms with van der Waals surface area (Å²) in [6.07, 6.45) is 5.47. The van der Waals surface area contributed by atoms with Crippen molar-refractivity contribution in [3.8, 4) is 5.69 Å². The lowest BCUT2D eigenvalue weighted by Crippen LogP contribution is -2.37. The van der Waals surface area contributed by atoms with E-state index >= 15 is 0 Å². The molecule has 0 aliphatic heterocycles. The SMILES string of the molecule is CN=C(NCCSC)NCc1ccc(-n2ccnc2C)c(F)c1. The summed E-state index contributed by atoms with van der Waals surface area (Å²) < 4.78 is 16.1. The van der Waals surface area contributed by atoms with Crippen molar-refractivity contribution in [2.75, 3.05) is 25.6 Å². The summed E-state index contributed by atoms with van der Waals surface area (Å²) in [5.74, 6) is 2.21. The van der Waals surface area contributed by atoms with E-state index in [1.54, 1.807) is 41.8 Å². The van der Waals surface area contributed by atoms with E-state index in [4.69, 9.17) is 0 Å². The number of aromatic nitrogens is 2. The van der Waals surface area contributed by atoms with Gasteiger partial charge in [0, 0.05) is 38.3 Å². The molecule has 2 N–H and O–H groups in total. The molecule has 2 aromatic rings. The summed E-state index contributed by atoms with van der Waals surface area (Å²) in [7, 11) is 1.72. The van der Waals surface area contributed by atoms with Crippen LogP contribution in [0.3, 0.4) is 0 Å². The molecule has 23 heavy (non-hydrogen) atoms. The molecule has 0 bridgehead atoms. The van der Waals surface area contributed by atoms with E-state index in [-0.39, 0.29) is 5.82 Å². The Morgan fingerprint density at radius 2 is 2.22 bits per heavy atom. The largest absolute Gasteiger partial charge is 0.356 e. The lowest BCUT2D eigenvalue weighted by atomic mass is 10.2. The van der Waals surface area contributed by atoms with E-state index in [2.05, 4.69) is 26.9 Å². The minimum absolute atomic E-state index is 0.268. The highest BCUT2D eigenvalue weighted by Gasteiger charge is 2.08. The maximum absolute atomic E-state index is 14.3. The van der Waals surface area contributed by atoms with Crippen LogP contribution < -0.4 is 10.6 Å². The molecule has 0 amide bonds. The Balaban J connectivity index is 1.99. The van der Waals surface area contributed by atoms with Crippen LogP contribution >= 0.6 is 11.8 Å². The Morgan fingerprint density at radius 1 is 1.39 bits per heavy atom. The number of nitrogens with zero attached hydrogens (tertiary/aromatic N) is 3. The molecule has 124 valence electrons. The van der Waals surface area contributed by atoms with Crippen molar-refractivity contribution < 1.29 is 4.39 Å². The van der Waals surface area contributed by atoms with Crippen LogP contribution in [0.4, 0.5) is 4.39 Å². The van der Waals surface area contributed by atoms with E-state index < -0.39 is 0 Å². The van der Waals surface area contributed by atoms with Gasteiger partial charge in [-0.1, -0.05) is 6.07 Å². The van der Waals surface area contributed by atoms with Crippen molar-refractivity contribution in [2.24, 2.45) is 4.99 Å². The number of thioether (sulfide) groups is 1. The number of aryl methyl sites for hydroxylation is 1. The molecule has 0 atom stereocenters. The molecule has 1 aromatic heterocycles. The first-order valence-corrected chi connectivity index (χ1v) is 8.77. The van der Waals surface area contributed by atoms with Crippen LogP contribution in [-0.4, -0.2) is 41.1 Å². The van der Waals surface area contributed by atoms with Crippen LogP contribution in [0.5, 0.6) is 0 Å². The van der Waals surface area contributed by atoms with Crippen LogP contribution in [0.2, 0.25) is 0 Å². The van der Waals surface area contributed by atoms with Gasteiger partial charge in [0.1, 0.15) is 11.6 Å². The molecule has 5 nitrogen and oxygen atoms in total. The van der Waals surface area contributed by atoms with Crippen molar-refractivity contribution in [3.63, 3.8) is 0 Å². The van der Waals surface area contributed by atoms with Crippen molar-refractivity contribution in [2.45, 2.75) is 13.5 Å². The maximum atomic E-state index is 14.3. The standard InChI is InChI=1S/C16H22FN5S/c1-12-19-6-8-22(12)15-5-4-13(10-14(15)17)11-21-16(18-2)20-7-9-23-3/h4-6,8,10H,7,9,11H2,1-3H3,(H2,18,20,21). The lowest BCUT2D eigenvalue weighted by Gasteiger charge is -2.12. The second-order valence-electron chi connectivity index (χ2n) is 4.98. The first kappa shape index (κ1) is 17.3. The Kier molecular flexibility index (Phi) is 6.46. The summed E-state index contributed by atoms with van der Waals surface area (Å²) in [5.41, 5.74) is 1.36. The van der Waals surface area contributed by atoms with Gasteiger partial charge in [-0.15, -0.1) is 0 Å². The van der Waals surface area contributed by atoms with E-state index in [0.29, 0.717) is 18.2 Å². The van der Waals surface area contributed by atoms with E-state index in [9.17, 15) is 4.39 Å². The third-order valence-electron chi connectivity index (χ3n) is 3.38. The number of aliphatic imine (C=N–C) groups is 1. The molecular weight excluding hydrogens is 313 g/mol. The molecule has 0 aliphatic carbocycles. The predicted octanol–water partition coefficient (Wildman–Crippen LogP) is 2.35. The number of nitrogens with one attached hydrogen (secondary N) is 2. The van der Waals surface area contributed by atoms with Crippen molar-refractivity contribution in [3.05, 3.63) is 47.8 Å². The summed E-state index contributed by atoms with van der Waals surface area (Å²) in [6.45, 7) is 3.20. The highest BCUT2D eigenvalue weighted by molar-refractivity contribution is 7.98. The molecule has 2 rings (SSSR count). The number of halogens is 1. The monoisotopic (exact) mass is 335 g/mol. The van der Waals surface area contributed by atoms with Gasteiger partial charge in [0.25, 0.3) is 0 Å². The molecule has 1 heterocycles. The highest BCUT2D eigenvalue weighted by atomic mass is 32.2. The lowest BCUT2D eigenvalue weighted by molar-refractivity contribution is 0.613. The zero-order valence-electron chi connectivity index (χ0n) is 13.6. The molecule has 0 spiro atoms. The van der Waals surface area contributed by atoms with Gasteiger partial charge < -0.3 is 15.2 Å². The third-order valence-corrected chi connectivity index (χ3v) is 3.99. The zero-order chi connectivity index (χ0) is 16.7. The Hall–Kier alpha value is -2.02. The van der Waals surface area contributed by atoms with Gasteiger partial charge in [-0.3, -0.25) is 4.99 Å². The average Bonchev–Trinajstić information content (AvgIpc) is 2.97. The Labute approximate surface area is 140 Å². The fourth-order valence-electron chi connectivity index (χ4n) is 2.17. The summed E-state index contributed by atoms with van der Waals surface area (Å²) in [4.78, 5) is 8.27. The van der Waals surface area contributed by atoms with E-state index in [1.807, 2.05) is 13.0 Å². The number of guanidine groups is 1. The molecule has 0 saturated carbocycles. The number of hydrogen-bond donors (Lipinski definition) is 2. The number of imidazole rings is 1. The summed E-state index contributed by atoms with van der Waals surface area (Å²) >= 11 is 1.77. The number of rotatable bonds is 6. The fourth-order valence-corrected chi connectivity index (χ4v) is 2.47. The maximum Gasteiger partial charge on any atom is 0.191 e. The second kappa shape index (κ2) is 8.57. The molecule has 0 radical (unpaired) electrons. The fraction of sp³-hybridized carbons (Fsp3) is 0.375. The Morgan fingerprint density at radius 3 is 2.83 bits per heavy atom. The van der Waals surface area contributed by atoms with Crippen LogP contribution in [0.1, 0.15) is 11.4 Å². The summed E-state index contributed by atoms with van der Waals surface area (Å²) in [6, 6.07) is 5.21. The quantitative estimate of drug-likeness (QED) is 0.483. The molecule has 0 saturated heterocycles.